The summed E-state index contributed by atoms with van der Waals surface area (Å²) in [6, 6.07) is 7.74. The van der Waals surface area contributed by atoms with Crippen LogP contribution in [-0.4, -0.2) is 64.3 Å². The molecule has 0 atom stereocenters. The molecule has 0 fully saturated rings. The third kappa shape index (κ3) is 7.09. The third-order valence-electron chi connectivity index (χ3n) is 5.11. The van der Waals surface area contributed by atoms with Crippen LogP contribution in [0.15, 0.2) is 52.3 Å². The fraction of sp³-hybridized carbons (Fsp3) is 0.190. The van der Waals surface area contributed by atoms with Gasteiger partial charge in [-0.3, -0.25) is 18.5 Å². The molecule has 0 aliphatic heterocycles. The molecular formula is C21H22N2O12S3. The minimum Gasteiger partial charge on any atom is -0.495 e. The highest BCUT2D eigenvalue weighted by molar-refractivity contribution is 7.86. The number of nitrogens with two attached hydrogens (primary N) is 1. The molecule has 0 saturated carbocycles. The highest BCUT2D eigenvalue weighted by Crippen LogP contribution is 2.36. The van der Waals surface area contributed by atoms with E-state index in [1.54, 1.807) is 0 Å². The lowest BCUT2D eigenvalue weighted by molar-refractivity contribution is 0.102. The molecular weight excluding hydrogens is 568 g/mol. The van der Waals surface area contributed by atoms with Crippen LogP contribution < -0.4 is 20.5 Å². The lowest BCUT2D eigenvalue weighted by Crippen LogP contribution is -2.15. The fourth-order valence-corrected chi connectivity index (χ4v) is 5.06. The Balaban J connectivity index is 2.15. The Kier molecular flexibility index (Phi) is 8.20. The second-order valence-corrected chi connectivity index (χ2v) is 12.2. The normalized spacial score (nSPS) is 12.3. The van der Waals surface area contributed by atoms with E-state index in [9.17, 15) is 39.2 Å². The summed E-state index contributed by atoms with van der Waals surface area (Å²) >= 11 is 0. The van der Waals surface area contributed by atoms with E-state index in [0.717, 1.165) is 24.3 Å². The lowest BCUT2D eigenvalue weighted by atomic mass is 10.1. The van der Waals surface area contributed by atoms with Gasteiger partial charge in [0.2, 0.25) is 0 Å². The number of carbonyl (C=O) groups excluding carboxylic acids is 1. The maximum atomic E-state index is 12.9. The van der Waals surface area contributed by atoms with Crippen LogP contribution in [0.4, 0.5) is 11.4 Å². The summed E-state index contributed by atoms with van der Waals surface area (Å²) in [6.45, 7) is -0.337. The number of rotatable bonds is 10. The zero-order valence-corrected chi connectivity index (χ0v) is 21.9. The molecule has 3 aromatic carbocycles. The van der Waals surface area contributed by atoms with Crippen LogP contribution in [0.3, 0.4) is 0 Å². The van der Waals surface area contributed by atoms with E-state index < -0.39 is 57.5 Å². The number of fused-ring (bicyclic) bond motifs is 1. The van der Waals surface area contributed by atoms with Crippen molar-refractivity contribution in [1.82, 2.24) is 0 Å². The molecule has 0 spiro atoms. The number of benzene rings is 3. The van der Waals surface area contributed by atoms with Gasteiger partial charge in [0.1, 0.15) is 16.4 Å². The van der Waals surface area contributed by atoms with Gasteiger partial charge in [-0.1, -0.05) is 0 Å². The van der Waals surface area contributed by atoms with Gasteiger partial charge in [0.25, 0.3) is 36.3 Å². The van der Waals surface area contributed by atoms with Crippen molar-refractivity contribution in [3.8, 4) is 11.5 Å². The quantitative estimate of drug-likeness (QED) is 0.129. The van der Waals surface area contributed by atoms with E-state index in [0.29, 0.717) is 0 Å². The van der Waals surface area contributed by atoms with E-state index in [1.807, 2.05) is 0 Å². The van der Waals surface area contributed by atoms with Gasteiger partial charge in [0, 0.05) is 17.0 Å². The predicted molar refractivity (Wildman–Crippen MR) is 135 cm³/mol. The van der Waals surface area contributed by atoms with Crippen LogP contribution in [0.2, 0.25) is 0 Å². The van der Waals surface area contributed by atoms with Crippen molar-refractivity contribution in [2.75, 3.05) is 30.5 Å². The molecule has 0 aromatic heterocycles. The molecule has 0 radical (unpaired) electrons. The van der Waals surface area contributed by atoms with Gasteiger partial charge in [-0.25, -0.2) is 0 Å². The zero-order chi connectivity index (χ0) is 28.5. The Labute approximate surface area is 217 Å². The first-order valence-corrected chi connectivity index (χ1v) is 14.9. The standard InChI is InChI=1S/C21H22N2O12S3/c1-34-19-8-12(3-4-16(19)22)21(24)23-17-11-15-13(9-20(17)38(31,32)33)7-14(37(28,29)30)10-18(15)35-5-2-6-36(25,26)27/h3-4,7-11H,2,5-6,22H2,1H3,(H,23,24)(H,25,26,27)(H,28,29,30)(H,31,32,33). The van der Waals surface area contributed by atoms with Gasteiger partial charge in [0.15, 0.2) is 0 Å². The van der Waals surface area contributed by atoms with E-state index in [1.165, 1.54) is 25.3 Å². The van der Waals surface area contributed by atoms with Crippen molar-refractivity contribution in [1.29, 1.82) is 0 Å². The molecule has 14 nitrogen and oxygen atoms in total. The average molecular weight is 591 g/mol. The summed E-state index contributed by atoms with van der Waals surface area (Å²) in [6.07, 6.45) is -0.206. The van der Waals surface area contributed by atoms with Crippen LogP contribution in [0.5, 0.6) is 11.5 Å². The molecule has 17 heteroatoms. The van der Waals surface area contributed by atoms with Crippen LogP contribution >= 0.6 is 0 Å². The van der Waals surface area contributed by atoms with E-state index in [4.69, 9.17) is 19.8 Å². The minimum atomic E-state index is -4.98. The van der Waals surface area contributed by atoms with Gasteiger partial charge < -0.3 is 20.5 Å². The first-order valence-electron chi connectivity index (χ1n) is 10.4. The summed E-state index contributed by atoms with van der Waals surface area (Å²) in [4.78, 5) is 11.4. The first-order chi connectivity index (χ1) is 17.5. The third-order valence-corrected chi connectivity index (χ3v) is 7.64. The SMILES string of the molecule is COc1cc(C(=O)Nc2cc3c(OCCCS(=O)(=O)O)cc(S(=O)(=O)O)cc3cc2S(=O)(=O)O)ccc1N. The molecule has 0 aliphatic rings. The van der Waals surface area contributed by atoms with Gasteiger partial charge in [0.05, 0.1) is 35.7 Å². The second kappa shape index (κ2) is 10.7. The number of hydrogen-bond donors (Lipinski definition) is 5. The molecule has 0 heterocycles. The van der Waals surface area contributed by atoms with Gasteiger partial charge in [-0.15, -0.1) is 0 Å². The van der Waals surface area contributed by atoms with Crippen LogP contribution in [-0.2, 0) is 30.4 Å². The minimum absolute atomic E-state index is 0.0147. The molecule has 0 bridgehead atoms. The molecule has 3 rings (SSSR count). The van der Waals surface area contributed by atoms with Crippen LogP contribution in [0, 0.1) is 0 Å². The number of nitrogen functional groups attached to an aromatic ring is 1. The Morgan fingerprint density at radius 2 is 1.61 bits per heavy atom. The number of nitrogens with one attached hydrogen (secondary N) is 1. The Morgan fingerprint density at radius 1 is 0.921 bits per heavy atom. The maximum Gasteiger partial charge on any atom is 0.296 e. The number of anilines is 2. The molecule has 0 unspecified atom stereocenters. The maximum absolute atomic E-state index is 12.9. The molecule has 38 heavy (non-hydrogen) atoms. The monoisotopic (exact) mass is 590 g/mol. The van der Waals surface area contributed by atoms with Gasteiger partial charge >= 0.3 is 0 Å². The van der Waals surface area contributed by atoms with E-state index in [-0.39, 0.29) is 46.6 Å². The molecule has 1 amide bonds. The summed E-state index contributed by atoms with van der Waals surface area (Å²) in [5.41, 5.74) is 5.57. The molecule has 0 aliphatic carbocycles. The van der Waals surface area contributed by atoms with Gasteiger partial charge in [-0.2, -0.15) is 25.3 Å². The number of ether oxygens (including phenoxy) is 2. The predicted octanol–water partition coefficient (Wildman–Crippen LogP) is 1.83. The summed E-state index contributed by atoms with van der Waals surface area (Å²) in [5, 5.41) is 2.24. The average Bonchev–Trinajstić information content (AvgIpc) is 2.79. The van der Waals surface area contributed by atoms with Gasteiger partial charge in [-0.05, 0) is 48.2 Å². The number of hydrogen-bond acceptors (Lipinski definition) is 10. The Morgan fingerprint density at radius 3 is 2.18 bits per heavy atom. The smallest absolute Gasteiger partial charge is 0.296 e. The lowest BCUT2D eigenvalue weighted by Gasteiger charge is -2.15. The number of methoxy groups -OCH3 is 1. The first kappa shape index (κ1) is 29.1. The van der Waals surface area contributed by atoms with Crippen molar-refractivity contribution < 1.29 is 53.2 Å². The van der Waals surface area contributed by atoms with Crippen molar-refractivity contribution in [3.63, 3.8) is 0 Å². The van der Waals surface area contributed by atoms with E-state index >= 15 is 0 Å². The van der Waals surface area contributed by atoms with Crippen molar-refractivity contribution >= 4 is 58.4 Å². The second-order valence-electron chi connectivity index (χ2n) is 7.84. The van der Waals surface area contributed by atoms with Crippen molar-refractivity contribution in [2.45, 2.75) is 16.2 Å². The highest BCUT2D eigenvalue weighted by atomic mass is 32.2. The summed E-state index contributed by atoms with van der Waals surface area (Å²) in [7, 11) is -12.8. The topological polar surface area (TPSA) is 237 Å². The summed E-state index contributed by atoms with van der Waals surface area (Å²) in [5.74, 6) is -1.55. The molecule has 0 saturated heterocycles. The molecule has 6 N–H and O–H groups in total. The van der Waals surface area contributed by atoms with Crippen molar-refractivity contribution in [3.05, 3.63) is 48.0 Å². The Bertz CT molecular complexity index is 1730. The zero-order valence-electron chi connectivity index (χ0n) is 19.5. The Hall–Kier alpha value is -3.48. The molecule has 3 aromatic rings. The molecule has 206 valence electrons. The number of carbonyl (C=O) groups is 1. The fourth-order valence-electron chi connectivity index (χ4n) is 3.38. The highest BCUT2D eigenvalue weighted by Gasteiger charge is 2.23. The number of amides is 1. The van der Waals surface area contributed by atoms with Crippen LogP contribution in [0.1, 0.15) is 16.8 Å². The van der Waals surface area contributed by atoms with Crippen LogP contribution in [0.25, 0.3) is 10.8 Å². The summed E-state index contributed by atoms with van der Waals surface area (Å²) < 4.78 is 108. The van der Waals surface area contributed by atoms with E-state index in [2.05, 4.69) is 5.32 Å². The largest absolute Gasteiger partial charge is 0.495 e. The van der Waals surface area contributed by atoms with Crippen molar-refractivity contribution in [2.24, 2.45) is 0 Å².